The maximum Gasteiger partial charge on any atom is 0.409 e. The van der Waals surface area contributed by atoms with Crippen LogP contribution < -0.4 is 0 Å². The van der Waals surface area contributed by atoms with E-state index in [2.05, 4.69) is 0 Å². The van der Waals surface area contributed by atoms with Gasteiger partial charge in [0, 0.05) is 26.2 Å². The standard InChI is InChI=1S/C10H20N2O4S/c1-4-16-10(13)12-7-5-9(6-8-12)11(2)17(3,14)15/h9H,4-8H2,1-3H3. The van der Waals surface area contributed by atoms with E-state index in [4.69, 9.17) is 4.74 Å². The maximum atomic E-state index is 11.4. The summed E-state index contributed by atoms with van der Waals surface area (Å²) in [5, 5.41) is 0. The van der Waals surface area contributed by atoms with Crippen LogP contribution in [0.3, 0.4) is 0 Å². The Labute approximate surface area is 103 Å². The zero-order valence-electron chi connectivity index (χ0n) is 10.5. The van der Waals surface area contributed by atoms with Crippen LogP contribution in [0.1, 0.15) is 19.8 Å². The largest absolute Gasteiger partial charge is 0.450 e. The highest BCUT2D eigenvalue weighted by Gasteiger charge is 2.29. The summed E-state index contributed by atoms with van der Waals surface area (Å²) in [7, 11) is -1.57. The number of carbonyl (C=O) groups excluding carboxylic acids is 1. The molecular formula is C10H20N2O4S. The van der Waals surface area contributed by atoms with Gasteiger partial charge in [-0.15, -0.1) is 0 Å². The lowest BCUT2D eigenvalue weighted by molar-refractivity contribution is 0.0905. The maximum absolute atomic E-state index is 11.4. The highest BCUT2D eigenvalue weighted by atomic mass is 32.2. The van der Waals surface area contributed by atoms with E-state index in [1.807, 2.05) is 0 Å². The SMILES string of the molecule is CCOC(=O)N1CCC(N(C)S(C)(=O)=O)CC1. The van der Waals surface area contributed by atoms with Gasteiger partial charge < -0.3 is 9.64 Å². The second kappa shape index (κ2) is 5.68. The van der Waals surface area contributed by atoms with Crippen molar-refractivity contribution in [3.05, 3.63) is 0 Å². The molecule has 100 valence electrons. The van der Waals surface area contributed by atoms with Gasteiger partial charge in [0.05, 0.1) is 12.9 Å². The lowest BCUT2D eigenvalue weighted by Crippen LogP contribution is -2.47. The Hall–Kier alpha value is -0.820. The van der Waals surface area contributed by atoms with Crippen molar-refractivity contribution in [3.8, 4) is 0 Å². The summed E-state index contributed by atoms with van der Waals surface area (Å²) >= 11 is 0. The average molecular weight is 264 g/mol. The first-order valence-electron chi connectivity index (χ1n) is 5.71. The number of sulfonamides is 1. The fraction of sp³-hybridized carbons (Fsp3) is 0.900. The van der Waals surface area contributed by atoms with E-state index in [1.54, 1.807) is 18.9 Å². The van der Waals surface area contributed by atoms with Crippen LogP contribution >= 0.6 is 0 Å². The Balaban J connectivity index is 2.49. The first kappa shape index (κ1) is 14.2. The van der Waals surface area contributed by atoms with Crippen molar-refractivity contribution < 1.29 is 17.9 Å². The highest BCUT2D eigenvalue weighted by Crippen LogP contribution is 2.17. The first-order valence-corrected chi connectivity index (χ1v) is 7.55. The summed E-state index contributed by atoms with van der Waals surface area (Å²) in [6.07, 6.45) is 2.20. The average Bonchev–Trinajstić information content (AvgIpc) is 2.27. The Morgan fingerprint density at radius 2 is 1.94 bits per heavy atom. The molecule has 6 nitrogen and oxygen atoms in total. The molecule has 0 spiro atoms. The Morgan fingerprint density at radius 3 is 2.35 bits per heavy atom. The zero-order valence-corrected chi connectivity index (χ0v) is 11.4. The minimum absolute atomic E-state index is 0.0179. The lowest BCUT2D eigenvalue weighted by Gasteiger charge is -2.34. The number of piperidine rings is 1. The van der Waals surface area contributed by atoms with Gasteiger partial charge in [0.15, 0.2) is 0 Å². The van der Waals surface area contributed by atoms with Gasteiger partial charge in [-0.2, -0.15) is 0 Å². The molecule has 0 aliphatic carbocycles. The minimum atomic E-state index is -3.15. The summed E-state index contributed by atoms with van der Waals surface area (Å²) in [4.78, 5) is 13.1. The highest BCUT2D eigenvalue weighted by molar-refractivity contribution is 7.88. The number of carbonyl (C=O) groups is 1. The quantitative estimate of drug-likeness (QED) is 0.744. The predicted octanol–water partition coefficient (Wildman–Crippen LogP) is 0.499. The Bertz CT molecular complexity index is 361. The summed E-state index contributed by atoms with van der Waals surface area (Å²) in [6, 6.07) is -0.0179. The lowest BCUT2D eigenvalue weighted by atomic mass is 10.1. The van der Waals surface area contributed by atoms with Gasteiger partial charge in [-0.25, -0.2) is 17.5 Å². The van der Waals surface area contributed by atoms with Crippen molar-refractivity contribution in [2.24, 2.45) is 0 Å². The molecule has 1 saturated heterocycles. The number of amides is 1. The van der Waals surface area contributed by atoms with E-state index >= 15 is 0 Å². The van der Waals surface area contributed by atoms with E-state index in [9.17, 15) is 13.2 Å². The molecular weight excluding hydrogens is 244 g/mol. The molecule has 1 aliphatic rings. The predicted molar refractivity (Wildman–Crippen MR) is 64.2 cm³/mol. The van der Waals surface area contributed by atoms with Gasteiger partial charge in [-0.1, -0.05) is 0 Å². The van der Waals surface area contributed by atoms with Crippen LogP contribution in [0, 0.1) is 0 Å². The molecule has 0 N–H and O–H groups in total. The van der Waals surface area contributed by atoms with Gasteiger partial charge in [0.25, 0.3) is 0 Å². The molecule has 1 amide bonds. The van der Waals surface area contributed by atoms with Crippen LogP contribution in [0.5, 0.6) is 0 Å². The summed E-state index contributed by atoms with van der Waals surface area (Å²) < 4.78 is 29.0. The van der Waals surface area contributed by atoms with E-state index in [0.717, 1.165) is 0 Å². The van der Waals surface area contributed by atoms with Gasteiger partial charge in [0.2, 0.25) is 10.0 Å². The van der Waals surface area contributed by atoms with Gasteiger partial charge >= 0.3 is 6.09 Å². The summed E-state index contributed by atoms with van der Waals surface area (Å²) in [5.41, 5.74) is 0. The fourth-order valence-electron chi connectivity index (χ4n) is 1.90. The van der Waals surface area contributed by atoms with Crippen LogP contribution in [0.15, 0.2) is 0 Å². The topological polar surface area (TPSA) is 66.9 Å². The van der Waals surface area contributed by atoms with Crippen molar-refractivity contribution in [2.45, 2.75) is 25.8 Å². The molecule has 0 atom stereocenters. The molecule has 17 heavy (non-hydrogen) atoms. The normalized spacial score (nSPS) is 18.5. The number of rotatable bonds is 3. The van der Waals surface area contributed by atoms with E-state index < -0.39 is 10.0 Å². The van der Waals surface area contributed by atoms with Crippen LogP contribution in [0.2, 0.25) is 0 Å². The molecule has 0 bridgehead atoms. The second-order valence-electron chi connectivity index (χ2n) is 4.20. The van der Waals surface area contributed by atoms with Gasteiger partial charge in [-0.05, 0) is 19.8 Å². The van der Waals surface area contributed by atoms with E-state index in [0.29, 0.717) is 32.5 Å². The fourth-order valence-corrected chi connectivity index (χ4v) is 2.65. The smallest absolute Gasteiger partial charge is 0.409 e. The monoisotopic (exact) mass is 264 g/mol. The van der Waals surface area contributed by atoms with Crippen LogP contribution in [0.4, 0.5) is 4.79 Å². The third kappa shape index (κ3) is 3.85. The molecule has 0 aromatic carbocycles. The van der Waals surface area contributed by atoms with Gasteiger partial charge in [-0.3, -0.25) is 0 Å². The van der Waals surface area contributed by atoms with Crippen LogP contribution in [-0.2, 0) is 14.8 Å². The first-order chi connectivity index (χ1) is 7.86. The van der Waals surface area contributed by atoms with E-state index in [1.165, 1.54) is 10.6 Å². The van der Waals surface area contributed by atoms with Crippen molar-refractivity contribution in [3.63, 3.8) is 0 Å². The Kier molecular flexibility index (Phi) is 4.76. The number of ether oxygens (including phenoxy) is 1. The molecule has 1 aliphatic heterocycles. The minimum Gasteiger partial charge on any atom is -0.450 e. The zero-order chi connectivity index (χ0) is 13.1. The molecule has 7 heteroatoms. The van der Waals surface area contributed by atoms with Gasteiger partial charge in [0.1, 0.15) is 0 Å². The number of hydrogen-bond acceptors (Lipinski definition) is 4. The summed E-state index contributed by atoms with van der Waals surface area (Å²) in [5.74, 6) is 0. The molecule has 0 radical (unpaired) electrons. The Morgan fingerprint density at radius 1 is 1.41 bits per heavy atom. The third-order valence-electron chi connectivity index (χ3n) is 3.03. The molecule has 1 fully saturated rings. The number of hydrogen-bond donors (Lipinski definition) is 0. The van der Waals surface area contributed by atoms with E-state index in [-0.39, 0.29) is 12.1 Å². The molecule has 0 aromatic rings. The van der Waals surface area contributed by atoms with Crippen molar-refractivity contribution in [2.75, 3.05) is 33.0 Å². The van der Waals surface area contributed by atoms with Crippen LogP contribution in [-0.4, -0.2) is 62.8 Å². The number of likely N-dealkylation sites (tertiary alicyclic amines) is 1. The van der Waals surface area contributed by atoms with Crippen LogP contribution in [0.25, 0.3) is 0 Å². The van der Waals surface area contributed by atoms with Crippen molar-refractivity contribution in [1.82, 2.24) is 9.21 Å². The molecule has 1 heterocycles. The van der Waals surface area contributed by atoms with Crippen molar-refractivity contribution >= 4 is 16.1 Å². The number of nitrogens with zero attached hydrogens (tertiary/aromatic N) is 2. The molecule has 0 unspecified atom stereocenters. The molecule has 0 aromatic heterocycles. The third-order valence-corrected chi connectivity index (χ3v) is 4.37. The second-order valence-corrected chi connectivity index (χ2v) is 6.24. The molecule has 0 saturated carbocycles. The van der Waals surface area contributed by atoms with Crippen molar-refractivity contribution in [1.29, 1.82) is 0 Å². The molecule has 1 rings (SSSR count). The summed E-state index contributed by atoms with van der Waals surface area (Å²) in [6.45, 7) is 3.22.